The SMILES string of the molecule is c1ccc(-c2ccc(N(c3ccc(-c4ccccc4-n4c5ccccc5c5ccccc54)cc3)c3ccc4oc5ccccc5c4c3)c3ccccc23)cc1. The van der Waals surface area contributed by atoms with Crippen molar-refractivity contribution in [3.63, 3.8) is 0 Å². The van der Waals surface area contributed by atoms with Gasteiger partial charge in [-0.3, -0.25) is 0 Å². The molecule has 0 spiro atoms. The zero-order chi connectivity index (χ0) is 36.3. The second kappa shape index (κ2) is 12.6. The summed E-state index contributed by atoms with van der Waals surface area (Å²) >= 11 is 0. The lowest BCUT2D eigenvalue weighted by Crippen LogP contribution is -2.10. The molecule has 11 aromatic rings. The Bertz CT molecular complexity index is 3150. The average Bonchev–Trinajstić information content (AvgIpc) is 3.80. The summed E-state index contributed by atoms with van der Waals surface area (Å²) in [6.07, 6.45) is 0. The van der Waals surface area contributed by atoms with E-state index in [1.807, 2.05) is 12.1 Å². The van der Waals surface area contributed by atoms with Crippen LogP contribution in [0.2, 0.25) is 0 Å². The van der Waals surface area contributed by atoms with Crippen LogP contribution in [0.3, 0.4) is 0 Å². The van der Waals surface area contributed by atoms with Crippen LogP contribution in [0.5, 0.6) is 0 Å². The van der Waals surface area contributed by atoms with Crippen LogP contribution < -0.4 is 4.90 Å². The minimum absolute atomic E-state index is 0.881. The summed E-state index contributed by atoms with van der Waals surface area (Å²) in [5, 5.41) is 7.11. The molecular formula is C52H34N2O. The lowest BCUT2D eigenvalue weighted by atomic mass is 9.96. The van der Waals surface area contributed by atoms with E-state index < -0.39 is 0 Å². The van der Waals surface area contributed by atoms with E-state index >= 15 is 0 Å². The Kier molecular flexibility index (Phi) is 7.17. The number of hydrogen-bond acceptors (Lipinski definition) is 2. The van der Waals surface area contributed by atoms with Gasteiger partial charge in [-0.2, -0.15) is 0 Å². The van der Waals surface area contributed by atoms with Crippen LogP contribution >= 0.6 is 0 Å². The molecule has 0 saturated carbocycles. The molecule has 0 atom stereocenters. The summed E-state index contributed by atoms with van der Waals surface area (Å²) in [6, 6.07) is 74.0. The first-order chi connectivity index (χ1) is 27.3. The summed E-state index contributed by atoms with van der Waals surface area (Å²) in [7, 11) is 0. The van der Waals surface area contributed by atoms with Crippen LogP contribution in [0.1, 0.15) is 0 Å². The molecule has 2 aromatic heterocycles. The highest BCUT2D eigenvalue weighted by atomic mass is 16.3. The lowest BCUT2D eigenvalue weighted by molar-refractivity contribution is 0.669. The third kappa shape index (κ3) is 5.05. The number of benzene rings is 9. The van der Waals surface area contributed by atoms with Crippen molar-refractivity contribution in [1.29, 1.82) is 0 Å². The molecule has 0 radical (unpaired) electrons. The van der Waals surface area contributed by atoms with Gasteiger partial charge in [0.15, 0.2) is 0 Å². The molecule has 0 fully saturated rings. The highest BCUT2D eigenvalue weighted by molar-refractivity contribution is 6.11. The quantitative estimate of drug-likeness (QED) is 0.172. The van der Waals surface area contributed by atoms with Crippen molar-refractivity contribution >= 4 is 71.6 Å². The molecule has 3 nitrogen and oxygen atoms in total. The van der Waals surface area contributed by atoms with Gasteiger partial charge in [-0.05, 0) is 82.7 Å². The number of rotatable bonds is 6. The van der Waals surface area contributed by atoms with Gasteiger partial charge in [-0.15, -0.1) is 0 Å². The van der Waals surface area contributed by atoms with Gasteiger partial charge in [-0.25, -0.2) is 0 Å². The van der Waals surface area contributed by atoms with Gasteiger partial charge in [0, 0.05) is 43.9 Å². The molecule has 55 heavy (non-hydrogen) atoms. The summed E-state index contributed by atoms with van der Waals surface area (Å²) < 4.78 is 8.68. The van der Waals surface area contributed by atoms with Crippen LogP contribution in [0.15, 0.2) is 211 Å². The Morgan fingerprint density at radius 1 is 0.345 bits per heavy atom. The molecule has 0 aliphatic heterocycles. The van der Waals surface area contributed by atoms with Crippen LogP contribution in [-0.4, -0.2) is 4.57 Å². The van der Waals surface area contributed by atoms with E-state index in [2.05, 4.69) is 204 Å². The van der Waals surface area contributed by atoms with Crippen molar-refractivity contribution in [3.8, 4) is 27.9 Å². The number of hydrogen-bond donors (Lipinski definition) is 0. The fraction of sp³-hybridized carbons (Fsp3) is 0. The molecule has 2 heterocycles. The molecule has 9 aromatic carbocycles. The highest BCUT2D eigenvalue weighted by Gasteiger charge is 2.20. The van der Waals surface area contributed by atoms with E-state index in [0.29, 0.717) is 0 Å². The smallest absolute Gasteiger partial charge is 0.135 e. The Balaban J connectivity index is 1.10. The van der Waals surface area contributed by atoms with Gasteiger partial charge in [0.2, 0.25) is 0 Å². The average molecular weight is 703 g/mol. The summed E-state index contributed by atoms with van der Waals surface area (Å²) in [5.74, 6) is 0. The van der Waals surface area contributed by atoms with E-state index in [9.17, 15) is 0 Å². The standard InChI is InChI=1S/C52H34N2O/c1-2-14-35(15-3-1)39-31-32-50(42-18-5-4-17-41(39)42)53(38-30-33-52-46(34-38)45-21-9-13-25-51(45)55-52)37-28-26-36(27-29-37)40-16-6-10-22-47(40)54-48-23-11-7-19-43(48)44-20-8-12-24-49(44)54/h1-34H. The predicted molar refractivity (Wildman–Crippen MR) is 231 cm³/mol. The first kappa shape index (κ1) is 31.2. The number of anilines is 3. The van der Waals surface area contributed by atoms with Crippen molar-refractivity contribution in [2.45, 2.75) is 0 Å². The molecule has 0 N–H and O–H groups in total. The minimum atomic E-state index is 0.881. The molecule has 258 valence electrons. The molecule has 11 rings (SSSR count). The van der Waals surface area contributed by atoms with Crippen molar-refractivity contribution in [2.24, 2.45) is 0 Å². The van der Waals surface area contributed by atoms with Gasteiger partial charge in [0.25, 0.3) is 0 Å². The van der Waals surface area contributed by atoms with Crippen LogP contribution in [0.4, 0.5) is 17.1 Å². The molecule has 0 bridgehead atoms. The third-order valence-corrected chi connectivity index (χ3v) is 11.0. The van der Waals surface area contributed by atoms with E-state index in [1.165, 1.54) is 49.3 Å². The number of para-hydroxylation sites is 4. The molecule has 0 saturated heterocycles. The molecule has 0 amide bonds. The zero-order valence-electron chi connectivity index (χ0n) is 29.9. The highest BCUT2D eigenvalue weighted by Crippen LogP contribution is 2.44. The predicted octanol–water partition coefficient (Wildman–Crippen LogP) is 14.6. The van der Waals surface area contributed by atoms with Crippen LogP contribution in [-0.2, 0) is 0 Å². The number of nitrogens with zero attached hydrogens (tertiary/aromatic N) is 2. The maximum absolute atomic E-state index is 6.27. The molecule has 0 aliphatic carbocycles. The van der Waals surface area contributed by atoms with Crippen LogP contribution in [0.25, 0.3) is 82.5 Å². The van der Waals surface area contributed by atoms with E-state index in [4.69, 9.17) is 4.42 Å². The van der Waals surface area contributed by atoms with Crippen molar-refractivity contribution in [1.82, 2.24) is 4.57 Å². The van der Waals surface area contributed by atoms with Gasteiger partial charge in [0.1, 0.15) is 11.2 Å². The van der Waals surface area contributed by atoms with E-state index in [0.717, 1.165) is 50.3 Å². The third-order valence-electron chi connectivity index (χ3n) is 11.0. The maximum Gasteiger partial charge on any atom is 0.135 e. The number of furan rings is 1. The maximum atomic E-state index is 6.27. The summed E-state index contributed by atoms with van der Waals surface area (Å²) in [4.78, 5) is 2.39. The van der Waals surface area contributed by atoms with Crippen molar-refractivity contribution in [3.05, 3.63) is 206 Å². The Labute approximate surface area is 318 Å². The second-order valence-corrected chi connectivity index (χ2v) is 14.1. The number of aromatic nitrogens is 1. The zero-order valence-corrected chi connectivity index (χ0v) is 29.9. The Morgan fingerprint density at radius 2 is 0.909 bits per heavy atom. The van der Waals surface area contributed by atoms with Gasteiger partial charge < -0.3 is 13.9 Å². The first-order valence-electron chi connectivity index (χ1n) is 18.8. The second-order valence-electron chi connectivity index (χ2n) is 14.1. The minimum Gasteiger partial charge on any atom is -0.456 e. The van der Waals surface area contributed by atoms with E-state index in [-0.39, 0.29) is 0 Å². The fourth-order valence-corrected chi connectivity index (χ4v) is 8.51. The first-order valence-corrected chi connectivity index (χ1v) is 18.8. The molecular weight excluding hydrogens is 669 g/mol. The van der Waals surface area contributed by atoms with Crippen molar-refractivity contribution < 1.29 is 4.42 Å². The normalized spacial score (nSPS) is 11.6. The van der Waals surface area contributed by atoms with Gasteiger partial charge in [0.05, 0.1) is 22.4 Å². The van der Waals surface area contributed by atoms with Crippen LogP contribution in [0, 0.1) is 0 Å². The topological polar surface area (TPSA) is 21.3 Å². The molecule has 0 aliphatic rings. The summed E-state index contributed by atoms with van der Waals surface area (Å²) in [5.41, 5.74) is 13.3. The molecule has 0 unspecified atom stereocenters. The van der Waals surface area contributed by atoms with Gasteiger partial charge in [-0.1, -0.05) is 146 Å². The summed E-state index contributed by atoms with van der Waals surface area (Å²) in [6.45, 7) is 0. The fourth-order valence-electron chi connectivity index (χ4n) is 8.51. The monoisotopic (exact) mass is 702 g/mol. The van der Waals surface area contributed by atoms with Gasteiger partial charge >= 0.3 is 0 Å². The Morgan fingerprint density at radius 3 is 1.67 bits per heavy atom. The lowest BCUT2D eigenvalue weighted by Gasteiger charge is -2.28. The van der Waals surface area contributed by atoms with E-state index in [1.54, 1.807) is 0 Å². The van der Waals surface area contributed by atoms with Crippen molar-refractivity contribution in [2.75, 3.05) is 4.90 Å². The largest absolute Gasteiger partial charge is 0.456 e. The number of fused-ring (bicyclic) bond motifs is 7. The Hall–Kier alpha value is -7.36. The molecule has 3 heteroatoms.